The minimum absolute atomic E-state index is 0.0337. The predicted octanol–water partition coefficient (Wildman–Crippen LogP) is 5.47. The van der Waals surface area contributed by atoms with Crippen LogP contribution in [-0.4, -0.2) is 28.2 Å². The maximum atomic E-state index is 13.6. The molecular formula is C26H28FN3O. The normalized spacial score (nSPS) is 11.9. The molecule has 1 aromatic heterocycles. The molecule has 0 saturated carbocycles. The lowest BCUT2D eigenvalue weighted by atomic mass is 9.95. The van der Waals surface area contributed by atoms with Crippen LogP contribution < -0.4 is 0 Å². The fourth-order valence-corrected chi connectivity index (χ4v) is 3.71. The van der Waals surface area contributed by atoms with E-state index in [0.29, 0.717) is 6.54 Å². The van der Waals surface area contributed by atoms with Crippen LogP contribution in [0.5, 0.6) is 0 Å². The Bertz CT molecular complexity index is 1050. The van der Waals surface area contributed by atoms with Crippen molar-refractivity contribution in [1.29, 1.82) is 0 Å². The van der Waals surface area contributed by atoms with E-state index in [1.165, 1.54) is 17.7 Å². The lowest BCUT2D eigenvalue weighted by Gasteiger charge is -2.11. The first kappa shape index (κ1) is 22.4. The highest BCUT2D eigenvalue weighted by Gasteiger charge is 2.21. The molecule has 5 heteroatoms. The van der Waals surface area contributed by atoms with E-state index >= 15 is 0 Å². The van der Waals surface area contributed by atoms with E-state index in [9.17, 15) is 9.50 Å². The molecule has 0 aliphatic carbocycles. The highest BCUT2D eigenvalue weighted by Crippen LogP contribution is 2.34. The second-order valence-corrected chi connectivity index (χ2v) is 7.21. The van der Waals surface area contributed by atoms with Gasteiger partial charge in [-0.15, -0.1) is 0 Å². The SMILES string of the molecule is C=N/C=C\C(=C/C)c1c(CCCc2ccccc2)nn(CCO)c1-c1ccc(F)cc1. The Morgan fingerprint density at radius 2 is 1.87 bits per heavy atom. The summed E-state index contributed by atoms with van der Waals surface area (Å²) in [6, 6.07) is 16.8. The van der Waals surface area contributed by atoms with Crippen molar-refractivity contribution < 1.29 is 9.50 Å². The van der Waals surface area contributed by atoms with Crippen molar-refractivity contribution >= 4 is 12.3 Å². The highest BCUT2D eigenvalue weighted by molar-refractivity contribution is 5.85. The molecule has 0 saturated heterocycles. The van der Waals surface area contributed by atoms with E-state index in [2.05, 4.69) is 23.8 Å². The van der Waals surface area contributed by atoms with Crippen LogP contribution in [0.3, 0.4) is 0 Å². The molecule has 0 atom stereocenters. The van der Waals surface area contributed by atoms with Gasteiger partial charge in [0.1, 0.15) is 5.82 Å². The quantitative estimate of drug-likeness (QED) is 0.351. The van der Waals surface area contributed by atoms with Gasteiger partial charge in [-0.3, -0.25) is 9.67 Å². The molecule has 0 amide bonds. The Morgan fingerprint density at radius 1 is 1.13 bits per heavy atom. The van der Waals surface area contributed by atoms with E-state index in [1.54, 1.807) is 18.3 Å². The molecule has 4 nitrogen and oxygen atoms in total. The second-order valence-electron chi connectivity index (χ2n) is 7.21. The Kier molecular flexibility index (Phi) is 8.07. The number of aliphatic hydroxyl groups is 1. The van der Waals surface area contributed by atoms with E-state index < -0.39 is 0 Å². The highest BCUT2D eigenvalue weighted by atomic mass is 19.1. The third-order valence-electron chi connectivity index (χ3n) is 5.14. The van der Waals surface area contributed by atoms with Gasteiger partial charge in [0.25, 0.3) is 0 Å². The van der Waals surface area contributed by atoms with E-state index in [4.69, 9.17) is 5.10 Å². The van der Waals surface area contributed by atoms with Crippen molar-refractivity contribution in [2.45, 2.75) is 32.7 Å². The monoisotopic (exact) mass is 417 g/mol. The Balaban J connectivity index is 2.05. The zero-order valence-electron chi connectivity index (χ0n) is 17.8. The summed E-state index contributed by atoms with van der Waals surface area (Å²) in [5.41, 5.74) is 5.91. The standard InChI is InChI=1S/C26H28FN3O/c1-3-21(16-17-28-2)25-24(11-7-10-20-8-5-4-6-9-20)29-30(18-19-31)26(25)22-12-14-23(27)15-13-22/h3-6,8-9,12-17,31H,2,7,10-11,18-19H2,1H3/b17-16-,21-3+. The van der Waals surface area contributed by atoms with Crippen LogP contribution in [0.4, 0.5) is 4.39 Å². The average molecular weight is 418 g/mol. The van der Waals surface area contributed by atoms with Crippen LogP contribution in [0.25, 0.3) is 16.8 Å². The summed E-state index contributed by atoms with van der Waals surface area (Å²) < 4.78 is 15.4. The third kappa shape index (κ3) is 5.64. The van der Waals surface area contributed by atoms with Crippen molar-refractivity contribution in [3.8, 4) is 11.3 Å². The van der Waals surface area contributed by atoms with Gasteiger partial charge in [-0.25, -0.2) is 4.39 Å². The summed E-state index contributed by atoms with van der Waals surface area (Å²) in [6.07, 6.45) is 8.24. The average Bonchev–Trinajstić information content (AvgIpc) is 3.14. The zero-order chi connectivity index (χ0) is 22.1. The molecular weight excluding hydrogens is 389 g/mol. The molecule has 2 aromatic carbocycles. The summed E-state index contributed by atoms with van der Waals surface area (Å²) >= 11 is 0. The van der Waals surface area contributed by atoms with Gasteiger partial charge in [-0.2, -0.15) is 5.10 Å². The number of allylic oxidation sites excluding steroid dienone is 3. The van der Waals surface area contributed by atoms with Gasteiger partial charge >= 0.3 is 0 Å². The van der Waals surface area contributed by atoms with E-state index in [1.807, 2.05) is 42.0 Å². The zero-order valence-corrected chi connectivity index (χ0v) is 17.8. The summed E-state index contributed by atoms with van der Waals surface area (Å²) in [5.74, 6) is -0.288. The molecule has 0 aliphatic rings. The summed E-state index contributed by atoms with van der Waals surface area (Å²) in [6.45, 7) is 5.82. The van der Waals surface area contributed by atoms with Crippen molar-refractivity contribution in [2.75, 3.05) is 6.61 Å². The van der Waals surface area contributed by atoms with Crippen molar-refractivity contribution in [3.05, 3.63) is 95.6 Å². The first-order valence-electron chi connectivity index (χ1n) is 10.5. The lowest BCUT2D eigenvalue weighted by molar-refractivity contribution is 0.270. The van der Waals surface area contributed by atoms with Gasteiger partial charge in [-0.1, -0.05) is 36.4 Å². The number of benzene rings is 2. The Labute approximate surface area is 183 Å². The topological polar surface area (TPSA) is 50.4 Å². The van der Waals surface area contributed by atoms with Crippen LogP contribution in [0, 0.1) is 5.82 Å². The van der Waals surface area contributed by atoms with Crippen molar-refractivity contribution in [3.63, 3.8) is 0 Å². The predicted molar refractivity (Wildman–Crippen MR) is 126 cm³/mol. The van der Waals surface area contributed by atoms with Crippen LogP contribution >= 0.6 is 0 Å². The molecule has 0 bridgehead atoms. The minimum Gasteiger partial charge on any atom is -0.394 e. The third-order valence-corrected chi connectivity index (χ3v) is 5.14. The van der Waals surface area contributed by atoms with Crippen LogP contribution in [-0.2, 0) is 19.4 Å². The molecule has 0 aliphatic heterocycles. The number of aryl methyl sites for hydroxylation is 2. The molecule has 1 N–H and O–H groups in total. The number of hydrogen-bond donors (Lipinski definition) is 1. The number of nitrogens with zero attached hydrogens (tertiary/aromatic N) is 3. The van der Waals surface area contributed by atoms with E-state index in [0.717, 1.165) is 47.4 Å². The van der Waals surface area contributed by atoms with Gasteiger partial charge in [0.05, 0.1) is 24.5 Å². The van der Waals surface area contributed by atoms with Gasteiger partial charge in [-0.05, 0) is 74.4 Å². The summed E-state index contributed by atoms with van der Waals surface area (Å²) in [7, 11) is 0. The molecule has 31 heavy (non-hydrogen) atoms. The maximum Gasteiger partial charge on any atom is 0.123 e. The molecule has 1 heterocycles. The van der Waals surface area contributed by atoms with Gasteiger partial charge in [0.15, 0.2) is 0 Å². The Morgan fingerprint density at radius 3 is 2.52 bits per heavy atom. The van der Waals surface area contributed by atoms with Crippen molar-refractivity contribution in [1.82, 2.24) is 9.78 Å². The van der Waals surface area contributed by atoms with Crippen LogP contribution in [0.1, 0.15) is 30.2 Å². The number of aromatic nitrogens is 2. The molecule has 3 rings (SSSR count). The van der Waals surface area contributed by atoms with E-state index in [-0.39, 0.29) is 12.4 Å². The lowest BCUT2D eigenvalue weighted by Crippen LogP contribution is -2.06. The molecule has 3 aromatic rings. The largest absolute Gasteiger partial charge is 0.394 e. The number of hydrogen-bond acceptors (Lipinski definition) is 3. The molecule has 0 fully saturated rings. The fourth-order valence-electron chi connectivity index (χ4n) is 3.71. The second kappa shape index (κ2) is 11.2. The number of aliphatic hydroxyl groups excluding tert-OH is 1. The minimum atomic E-state index is -0.288. The first-order valence-corrected chi connectivity index (χ1v) is 10.5. The van der Waals surface area contributed by atoms with Gasteiger partial charge < -0.3 is 5.11 Å². The van der Waals surface area contributed by atoms with Gasteiger partial charge in [0.2, 0.25) is 0 Å². The first-order chi connectivity index (χ1) is 15.2. The summed E-state index contributed by atoms with van der Waals surface area (Å²) in [4.78, 5) is 3.85. The smallest absolute Gasteiger partial charge is 0.123 e. The van der Waals surface area contributed by atoms with Crippen LogP contribution in [0.2, 0.25) is 0 Å². The number of halogens is 1. The number of rotatable bonds is 10. The molecule has 160 valence electrons. The van der Waals surface area contributed by atoms with Gasteiger partial charge in [0, 0.05) is 17.3 Å². The molecule has 0 unspecified atom stereocenters. The Hall–Kier alpha value is -3.31. The number of aliphatic imine (C=N–C) groups is 1. The summed E-state index contributed by atoms with van der Waals surface area (Å²) in [5, 5.41) is 14.5. The van der Waals surface area contributed by atoms with Crippen molar-refractivity contribution in [2.24, 2.45) is 4.99 Å². The maximum absolute atomic E-state index is 13.6. The van der Waals surface area contributed by atoms with Crippen LogP contribution in [0.15, 0.2) is 77.9 Å². The fraction of sp³-hybridized carbons (Fsp3) is 0.231. The molecule has 0 radical (unpaired) electrons. The molecule has 0 spiro atoms.